The van der Waals surface area contributed by atoms with Crippen LogP contribution in [0.2, 0.25) is 0 Å². The summed E-state index contributed by atoms with van der Waals surface area (Å²) in [7, 11) is 0. The molecule has 12 heteroatoms. The Balaban J connectivity index is 5.35. The number of aliphatic hydroxyl groups excluding tert-OH is 1. The molecule has 29 heavy (non-hydrogen) atoms. The summed E-state index contributed by atoms with van der Waals surface area (Å²) in [5, 5.41) is 25.6. The maximum Gasteiger partial charge on any atom is 0.325 e. The molecule has 166 valence electrons. The van der Waals surface area contributed by atoms with Gasteiger partial charge in [-0.1, -0.05) is 20.3 Å². The van der Waals surface area contributed by atoms with E-state index in [1.54, 1.807) is 13.8 Å². The summed E-state index contributed by atoms with van der Waals surface area (Å²) in [6, 6.07) is -5.05. The third kappa shape index (κ3) is 8.87. The van der Waals surface area contributed by atoms with Crippen LogP contribution in [0.25, 0.3) is 0 Å². The Hall–Kier alpha value is -2.73. The number of nitrogens with one attached hydrogen (secondary N) is 3. The summed E-state index contributed by atoms with van der Waals surface area (Å²) in [5.41, 5.74) is 10.6. The van der Waals surface area contributed by atoms with Crippen molar-refractivity contribution in [3.05, 3.63) is 0 Å². The van der Waals surface area contributed by atoms with Crippen molar-refractivity contribution in [1.29, 1.82) is 0 Å². The van der Waals surface area contributed by atoms with Crippen LogP contribution in [0.15, 0.2) is 0 Å². The van der Waals surface area contributed by atoms with E-state index in [0.717, 1.165) is 0 Å². The normalized spacial score (nSPS) is 17.0. The summed E-state index contributed by atoms with van der Waals surface area (Å²) in [4.78, 5) is 58.9. The van der Waals surface area contributed by atoms with Crippen LogP contribution in [0.5, 0.6) is 0 Å². The van der Waals surface area contributed by atoms with Crippen LogP contribution in [0.1, 0.15) is 40.5 Å². The van der Waals surface area contributed by atoms with Gasteiger partial charge in [-0.25, -0.2) is 0 Å². The molecule has 12 nitrogen and oxygen atoms in total. The molecular formula is C17H31N5O7. The van der Waals surface area contributed by atoms with Crippen LogP contribution < -0.4 is 27.4 Å². The predicted octanol–water partition coefficient (Wildman–Crippen LogP) is -2.83. The van der Waals surface area contributed by atoms with Crippen LogP contribution in [-0.2, 0) is 24.0 Å². The molecule has 0 rings (SSSR count). The number of primary amides is 1. The van der Waals surface area contributed by atoms with Crippen molar-refractivity contribution in [2.75, 3.05) is 0 Å². The van der Waals surface area contributed by atoms with Crippen molar-refractivity contribution in [2.24, 2.45) is 17.4 Å². The Bertz CT molecular complexity index is 625. The number of rotatable bonds is 12. The third-order valence-corrected chi connectivity index (χ3v) is 4.34. The number of hydrogen-bond donors (Lipinski definition) is 7. The van der Waals surface area contributed by atoms with Crippen LogP contribution in [0.4, 0.5) is 0 Å². The Kier molecular flexibility index (Phi) is 10.8. The lowest BCUT2D eigenvalue weighted by atomic mass is 9.97. The molecule has 0 saturated heterocycles. The molecular weight excluding hydrogens is 386 g/mol. The molecule has 0 spiro atoms. The monoisotopic (exact) mass is 417 g/mol. The van der Waals surface area contributed by atoms with Gasteiger partial charge in [0, 0.05) is 0 Å². The summed E-state index contributed by atoms with van der Waals surface area (Å²) >= 11 is 0. The molecule has 0 aromatic heterocycles. The third-order valence-electron chi connectivity index (χ3n) is 4.34. The zero-order valence-corrected chi connectivity index (χ0v) is 17.0. The molecule has 0 aliphatic heterocycles. The average molecular weight is 417 g/mol. The van der Waals surface area contributed by atoms with Crippen LogP contribution in [-0.4, -0.2) is 70.1 Å². The molecule has 0 radical (unpaired) electrons. The molecule has 0 fully saturated rings. The zero-order valence-electron chi connectivity index (χ0n) is 17.0. The topological polar surface area (TPSA) is 214 Å². The Morgan fingerprint density at radius 2 is 1.38 bits per heavy atom. The molecule has 9 N–H and O–H groups in total. The first-order chi connectivity index (χ1) is 13.3. The summed E-state index contributed by atoms with van der Waals surface area (Å²) in [6.45, 7) is 5.92. The van der Waals surface area contributed by atoms with Crippen LogP contribution in [0.3, 0.4) is 0 Å². The quantitative estimate of drug-likeness (QED) is 0.175. The van der Waals surface area contributed by atoms with Crippen molar-refractivity contribution < 1.29 is 34.2 Å². The smallest absolute Gasteiger partial charge is 0.325 e. The highest BCUT2D eigenvalue weighted by molar-refractivity contribution is 5.95. The Morgan fingerprint density at radius 1 is 0.897 bits per heavy atom. The van der Waals surface area contributed by atoms with E-state index in [9.17, 15) is 29.1 Å². The number of aliphatic carboxylic acids is 1. The maximum absolute atomic E-state index is 12.7. The molecule has 0 heterocycles. The molecule has 0 saturated carbocycles. The number of carboxylic acids is 1. The van der Waals surface area contributed by atoms with Gasteiger partial charge in [0.1, 0.15) is 18.1 Å². The van der Waals surface area contributed by atoms with Crippen LogP contribution >= 0.6 is 0 Å². The average Bonchev–Trinajstić information content (AvgIpc) is 2.61. The lowest BCUT2D eigenvalue weighted by Crippen LogP contribution is -2.60. The van der Waals surface area contributed by atoms with Gasteiger partial charge in [0.2, 0.25) is 23.6 Å². The van der Waals surface area contributed by atoms with Gasteiger partial charge in [0.05, 0.1) is 18.6 Å². The number of carboxylic acid groups (broad SMARTS) is 1. The van der Waals surface area contributed by atoms with Gasteiger partial charge in [-0.2, -0.15) is 0 Å². The second-order valence-electron chi connectivity index (χ2n) is 6.94. The van der Waals surface area contributed by atoms with E-state index in [1.807, 2.05) is 0 Å². The fraction of sp³-hybridized carbons (Fsp3) is 0.706. The maximum atomic E-state index is 12.7. The Morgan fingerprint density at radius 3 is 1.79 bits per heavy atom. The van der Waals surface area contributed by atoms with Crippen LogP contribution in [0, 0.1) is 5.92 Å². The number of amides is 4. The van der Waals surface area contributed by atoms with E-state index in [-0.39, 0.29) is 5.92 Å². The highest BCUT2D eigenvalue weighted by Gasteiger charge is 2.33. The molecule has 6 unspecified atom stereocenters. The zero-order chi connectivity index (χ0) is 22.9. The van der Waals surface area contributed by atoms with Gasteiger partial charge >= 0.3 is 5.97 Å². The van der Waals surface area contributed by atoms with E-state index in [1.165, 1.54) is 13.8 Å². The van der Waals surface area contributed by atoms with Crippen molar-refractivity contribution in [3.8, 4) is 0 Å². The van der Waals surface area contributed by atoms with E-state index in [0.29, 0.717) is 6.42 Å². The highest BCUT2D eigenvalue weighted by atomic mass is 16.4. The summed E-state index contributed by atoms with van der Waals surface area (Å²) in [5.74, 6) is -4.90. The molecule has 0 aliphatic rings. The number of aliphatic hydroxyl groups is 1. The van der Waals surface area contributed by atoms with Gasteiger partial charge in [-0.3, -0.25) is 24.0 Å². The fourth-order valence-electron chi connectivity index (χ4n) is 2.28. The Labute approximate surface area is 168 Å². The minimum absolute atomic E-state index is 0.379. The molecule has 0 aromatic rings. The first kappa shape index (κ1) is 26.3. The fourth-order valence-corrected chi connectivity index (χ4v) is 2.28. The van der Waals surface area contributed by atoms with E-state index in [2.05, 4.69) is 16.0 Å². The highest BCUT2D eigenvalue weighted by Crippen LogP contribution is 2.10. The molecule has 0 aromatic carbocycles. The minimum Gasteiger partial charge on any atom is -0.480 e. The molecule has 0 aliphatic carbocycles. The molecule has 0 bridgehead atoms. The van der Waals surface area contributed by atoms with Gasteiger partial charge in [0.25, 0.3) is 0 Å². The number of carbonyl (C=O) groups excluding carboxylic acids is 4. The molecule has 4 amide bonds. The SMILES string of the molecule is CCC(C)C(NC(=O)C(N)CC(N)=O)C(=O)NC(C(=O)NC(C)C(=O)O)C(C)O. The number of carbonyl (C=O) groups is 5. The lowest BCUT2D eigenvalue weighted by molar-refractivity contribution is -0.142. The standard InChI is InChI=1S/C17H31N5O7/c1-5-7(2)12(21-14(25)10(18)6-11(19)24)15(26)22-13(9(4)23)16(27)20-8(3)17(28)29/h7-10,12-13,23H,5-6,18H2,1-4H3,(H2,19,24)(H,20,27)(H,21,25)(H,22,26)(H,28,29). The second-order valence-corrected chi connectivity index (χ2v) is 6.94. The minimum atomic E-state index is -1.45. The van der Waals surface area contributed by atoms with Gasteiger partial charge in [-0.15, -0.1) is 0 Å². The van der Waals surface area contributed by atoms with E-state index in [4.69, 9.17) is 16.6 Å². The van der Waals surface area contributed by atoms with Crippen molar-refractivity contribution >= 4 is 29.6 Å². The van der Waals surface area contributed by atoms with Crippen molar-refractivity contribution in [3.63, 3.8) is 0 Å². The van der Waals surface area contributed by atoms with E-state index >= 15 is 0 Å². The second kappa shape index (κ2) is 12.0. The first-order valence-electron chi connectivity index (χ1n) is 9.17. The van der Waals surface area contributed by atoms with Gasteiger partial charge in [0.15, 0.2) is 0 Å². The number of hydrogen-bond acceptors (Lipinski definition) is 7. The van der Waals surface area contributed by atoms with Crippen molar-refractivity contribution in [1.82, 2.24) is 16.0 Å². The van der Waals surface area contributed by atoms with Gasteiger partial charge in [-0.05, 0) is 19.8 Å². The summed E-state index contributed by atoms with van der Waals surface area (Å²) < 4.78 is 0. The van der Waals surface area contributed by atoms with Crippen molar-refractivity contribution in [2.45, 2.75) is 70.8 Å². The van der Waals surface area contributed by atoms with Gasteiger partial charge < -0.3 is 37.6 Å². The largest absolute Gasteiger partial charge is 0.480 e. The predicted molar refractivity (Wildman–Crippen MR) is 102 cm³/mol. The molecule has 6 atom stereocenters. The van der Waals surface area contributed by atoms with E-state index < -0.39 is 66.3 Å². The number of nitrogens with two attached hydrogens (primary N) is 2. The first-order valence-corrected chi connectivity index (χ1v) is 9.17. The summed E-state index contributed by atoms with van der Waals surface area (Å²) in [6.07, 6.45) is -1.28. The lowest BCUT2D eigenvalue weighted by Gasteiger charge is -2.28.